The van der Waals surface area contributed by atoms with E-state index in [0.717, 1.165) is 18.3 Å². The van der Waals surface area contributed by atoms with Crippen LogP contribution < -0.4 is 0 Å². The molecule has 2 heterocycles. The van der Waals surface area contributed by atoms with Crippen LogP contribution >= 0.6 is 0 Å². The summed E-state index contributed by atoms with van der Waals surface area (Å²) in [7, 11) is 0. The quantitative estimate of drug-likeness (QED) is 0.854. The maximum absolute atomic E-state index is 4.25. The summed E-state index contributed by atoms with van der Waals surface area (Å²) < 4.78 is 0. The average Bonchev–Trinajstić information content (AvgIpc) is 2.86. The third-order valence-corrected chi connectivity index (χ3v) is 3.21. The van der Waals surface area contributed by atoms with Crippen molar-refractivity contribution in [2.75, 3.05) is 13.1 Å². The Morgan fingerprint density at radius 1 is 1.38 bits per heavy atom. The van der Waals surface area contributed by atoms with Crippen LogP contribution in [0.1, 0.15) is 45.9 Å². The second-order valence-electron chi connectivity index (χ2n) is 4.16. The zero-order valence-corrected chi connectivity index (χ0v) is 10.9. The van der Waals surface area contributed by atoms with Crippen molar-refractivity contribution in [2.24, 2.45) is 5.92 Å². The lowest BCUT2D eigenvalue weighted by molar-refractivity contribution is 0.172. The van der Waals surface area contributed by atoms with Crippen molar-refractivity contribution in [1.82, 2.24) is 14.9 Å². The fourth-order valence-corrected chi connectivity index (χ4v) is 2.15. The van der Waals surface area contributed by atoms with Crippen LogP contribution in [0, 0.1) is 5.92 Å². The number of hydrogen-bond acceptors (Lipinski definition) is 2. The van der Waals surface area contributed by atoms with Gasteiger partial charge in [0.15, 0.2) is 0 Å². The Balaban J connectivity index is 0.000000606. The Morgan fingerprint density at radius 3 is 2.56 bits per heavy atom. The smallest absolute Gasteiger partial charge is 0.120 e. The highest BCUT2D eigenvalue weighted by molar-refractivity contribution is 4.87. The van der Waals surface area contributed by atoms with Gasteiger partial charge in [-0.2, -0.15) is 0 Å². The molecule has 0 saturated carbocycles. The number of nitrogens with one attached hydrogen (secondary N) is 1. The van der Waals surface area contributed by atoms with Crippen LogP contribution in [0.2, 0.25) is 0 Å². The van der Waals surface area contributed by atoms with Gasteiger partial charge in [-0.3, -0.25) is 4.90 Å². The van der Waals surface area contributed by atoms with Gasteiger partial charge in [0, 0.05) is 12.4 Å². The van der Waals surface area contributed by atoms with E-state index < -0.39 is 0 Å². The van der Waals surface area contributed by atoms with Crippen molar-refractivity contribution in [1.29, 1.82) is 0 Å². The van der Waals surface area contributed by atoms with Gasteiger partial charge < -0.3 is 4.98 Å². The fourth-order valence-electron chi connectivity index (χ4n) is 2.15. The van der Waals surface area contributed by atoms with Crippen LogP contribution in [-0.2, 0) is 6.54 Å². The molecule has 2 rings (SSSR count). The second kappa shape index (κ2) is 7.44. The van der Waals surface area contributed by atoms with E-state index in [9.17, 15) is 0 Å². The topological polar surface area (TPSA) is 31.9 Å². The zero-order chi connectivity index (χ0) is 11.8. The fraction of sp³-hybridized carbons (Fsp3) is 0.769. The highest BCUT2D eigenvalue weighted by Crippen LogP contribution is 2.20. The van der Waals surface area contributed by atoms with E-state index >= 15 is 0 Å². The molecule has 0 amide bonds. The molecular formula is C13H25N3. The van der Waals surface area contributed by atoms with Crippen LogP contribution in [0.5, 0.6) is 0 Å². The summed E-state index contributed by atoms with van der Waals surface area (Å²) >= 11 is 0. The van der Waals surface area contributed by atoms with Crippen molar-refractivity contribution >= 4 is 0 Å². The Labute approximate surface area is 99.3 Å². The molecule has 0 radical (unpaired) electrons. The number of H-pyrrole nitrogens is 1. The number of likely N-dealkylation sites (tertiary alicyclic amines) is 1. The predicted molar refractivity (Wildman–Crippen MR) is 68.2 cm³/mol. The van der Waals surface area contributed by atoms with Crippen molar-refractivity contribution in [3.8, 4) is 0 Å². The van der Waals surface area contributed by atoms with Crippen molar-refractivity contribution in [3.05, 3.63) is 18.2 Å². The van der Waals surface area contributed by atoms with Gasteiger partial charge in [0.2, 0.25) is 0 Å². The maximum Gasteiger partial charge on any atom is 0.120 e. The summed E-state index contributed by atoms with van der Waals surface area (Å²) in [5, 5.41) is 0. The molecule has 1 saturated heterocycles. The van der Waals surface area contributed by atoms with E-state index in [1.54, 1.807) is 0 Å². The van der Waals surface area contributed by atoms with Crippen LogP contribution in [0.4, 0.5) is 0 Å². The minimum Gasteiger partial charge on any atom is -0.348 e. The highest BCUT2D eigenvalue weighted by atomic mass is 15.1. The first kappa shape index (κ1) is 13.2. The van der Waals surface area contributed by atoms with E-state index in [4.69, 9.17) is 0 Å². The summed E-state index contributed by atoms with van der Waals surface area (Å²) in [4.78, 5) is 9.90. The van der Waals surface area contributed by atoms with Crippen molar-refractivity contribution < 1.29 is 0 Å². The minimum atomic E-state index is 0.961. The minimum absolute atomic E-state index is 0.961. The predicted octanol–water partition coefficient (Wildman–Crippen LogP) is 3.06. The molecule has 0 aromatic carbocycles. The normalized spacial score (nSPS) is 17.9. The molecule has 1 aromatic rings. The van der Waals surface area contributed by atoms with Gasteiger partial charge in [-0.1, -0.05) is 27.2 Å². The number of aromatic amines is 1. The Kier molecular flexibility index (Phi) is 6.16. The molecule has 0 atom stereocenters. The SMILES string of the molecule is CC.CCC1CCN(Cc2ncc[nH]2)CC1. The van der Waals surface area contributed by atoms with Gasteiger partial charge in [-0.25, -0.2) is 4.98 Å². The van der Waals surface area contributed by atoms with Crippen molar-refractivity contribution in [3.63, 3.8) is 0 Å². The molecular weight excluding hydrogens is 198 g/mol. The number of piperidine rings is 1. The molecule has 1 aliphatic heterocycles. The van der Waals surface area contributed by atoms with Gasteiger partial charge in [-0.15, -0.1) is 0 Å². The summed E-state index contributed by atoms with van der Waals surface area (Å²) in [5.74, 6) is 2.06. The molecule has 1 fully saturated rings. The molecule has 3 heteroatoms. The first-order valence-electron chi connectivity index (χ1n) is 6.59. The maximum atomic E-state index is 4.25. The molecule has 92 valence electrons. The third-order valence-electron chi connectivity index (χ3n) is 3.21. The first-order valence-corrected chi connectivity index (χ1v) is 6.59. The number of imidazole rings is 1. The summed E-state index contributed by atoms with van der Waals surface area (Å²) in [6.07, 6.45) is 7.78. The lowest BCUT2D eigenvalue weighted by Crippen LogP contribution is -2.33. The largest absolute Gasteiger partial charge is 0.348 e. The first-order chi connectivity index (χ1) is 7.88. The van der Waals surface area contributed by atoms with E-state index in [2.05, 4.69) is 21.8 Å². The van der Waals surface area contributed by atoms with Crippen LogP contribution in [0.25, 0.3) is 0 Å². The average molecular weight is 223 g/mol. The lowest BCUT2D eigenvalue weighted by atomic mass is 9.94. The van der Waals surface area contributed by atoms with E-state index in [-0.39, 0.29) is 0 Å². The number of aromatic nitrogens is 2. The molecule has 1 N–H and O–H groups in total. The molecule has 0 unspecified atom stereocenters. The lowest BCUT2D eigenvalue weighted by Gasteiger charge is -2.30. The molecule has 0 aliphatic carbocycles. The van der Waals surface area contributed by atoms with Crippen LogP contribution in [-0.4, -0.2) is 28.0 Å². The number of hydrogen-bond donors (Lipinski definition) is 1. The van der Waals surface area contributed by atoms with Gasteiger partial charge in [0.1, 0.15) is 5.82 Å². The van der Waals surface area contributed by atoms with Crippen LogP contribution in [0.15, 0.2) is 12.4 Å². The van der Waals surface area contributed by atoms with E-state index in [1.165, 1.54) is 32.4 Å². The Bertz CT molecular complexity index is 248. The van der Waals surface area contributed by atoms with Gasteiger partial charge in [-0.05, 0) is 31.8 Å². The third kappa shape index (κ3) is 3.97. The molecule has 16 heavy (non-hydrogen) atoms. The summed E-state index contributed by atoms with van der Waals surface area (Å²) in [6.45, 7) is 9.76. The number of rotatable bonds is 3. The molecule has 3 nitrogen and oxygen atoms in total. The zero-order valence-electron chi connectivity index (χ0n) is 10.9. The van der Waals surface area contributed by atoms with Crippen LogP contribution in [0.3, 0.4) is 0 Å². The van der Waals surface area contributed by atoms with Gasteiger partial charge in [0.05, 0.1) is 6.54 Å². The van der Waals surface area contributed by atoms with E-state index in [0.29, 0.717) is 0 Å². The monoisotopic (exact) mass is 223 g/mol. The second-order valence-corrected chi connectivity index (χ2v) is 4.16. The molecule has 1 aromatic heterocycles. The number of nitrogens with zero attached hydrogens (tertiary/aromatic N) is 2. The van der Waals surface area contributed by atoms with Gasteiger partial charge >= 0.3 is 0 Å². The molecule has 1 aliphatic rings. The molecule has 0 bridgehead atoms. The molecule has 0 spiro atoms. The standard InChI is InChI=1S/C11H19N3.C2H6/c1-2-10-3-7-14(8-4-10)9-11-12-5-6-13-11;1-2/h5-6,10H,2-4,7-9H2,1H3,(H,12,13);1-2H3. The Hall–Kier alpha value is -0.830. The van der Waals surface area contributed by atoms with Crippen molar-refractivity contribution in [2.45, 2.75) is 46.6 Å². The Morgan fingerprint density at radius 2 is 2.06 bits per heavy atom. The summed E-state index contributed by atoms with van der Waals surface area (Å²) in [5.41, 5.74) is 0. The summed E-state index contributed by atoms with van der Waals surface area (Å²) in [6, 6.07) is 0. The van der Waals surface area contributed by atoms with Gasteiger partial charge in [0.25, 0.3) is 0 Å². The highest BCUT2D eigenvalue weighted by Gasteiger charge is 2.17. The van der Waals surface area contributed by atoms with E-state index in [1.807, 2.05) is 26.2 Å².